The number of benzene rings is 1. The number of oxime groups is 1. The van der Waals surface area contributed by atoms with Gasteiger partial charge in [-0.2, -0.15) is 5.10 Å². The van der Waals surface area contributed by atoms with Gasteiger partial charge >= 0.3 is 0 Å². The molecule has 0 bridgehead atoms. The summed E-state index contributed by atoms with van der Waals surface area (Å²) >= 11 is 6.38. The second-order valence-corrected chi connectivity index (χ2v) is 9.05. The van der Waals surface area contributed by atoms with Crippen LogP contribution in [0, 0.1) is 0 Å². The maximum atomic E-state index is 13.8. The van der Waals surface area contributed by atoms with Gasteiger partial charge in [0.25, 0.3) is 5.56 Å². The summed E-state index contributed by atoms with van der Waals surface area (Å²) in [5, 5.41) is 10.2. The molecule has 190 valence electrons. The number of aromatic nitrogens is 6. The second kappa shape index (κ2) is 10.1. The summed E-state index contributed by atoms with van der Waals surface area (Å²) < 4.78 is 3.18. The zero-order valence-electron chi connectivity index (χ0n) is 21.0. The second-order valence-electron chi connectivity index (χ2n) is 8.64. The number of H-pyrrole nitrogens is 1. The minimum atomic E-state index is -0.348. The Kier molecular flexibility index (Phi) is 6.66. The molecule has 1 aromatic carbocycles. The molecule has 5 rings (SSSR count). The van der Waals surface area contributed by atoms with Crippen LogP contribution in [-0.2, 0) is 4.84 Å². The molecule has 0 aliphatic heterocycles. The fourth-order valence-electron chi connectivity index (χ4n) is 4.64. The van der Waals surface area contributed by atoms with Crippen LogP contribution in [0.4, 0.5) is 5.82 Å². The molecular formula is C26H27ClN8O2. The van der Waals surface area contributed by atoms with Crippen LogP contribution in [0.15, 0.2) is 65.1 Å². The third-order valence-electron chi connectivity index (χ3n) is 6.32. The van der Waals surface area contributed by atoms with Crippen LogP contribution < -0.4 is 10.5 Å². The van der Waals surface area contributed by atoms with E-state index >= 15 is 0 Å². The fraction of sp³-hybridized carbons (Fsp3) is 0.269. The summed E-state index contributed by atoms with van der Waals surface area (Å²) in [6, 6.07) is 10.8. The molecule has 0 aliphatic carbocycles. The van der Waals surface area contributed by atoms with E-state index in [0.717, 1.165) is 17.4 Å². The molecule has 0 saturated carbocycles. The Morgan fingerprint density at radius 3 is 2.76 bits per heavy atom. The number of halogens is 1. The van der Waals surface area contributed by atoms with Crippen molar-refractivity contribution < 1.29 is 4.84 Å². The molecule has 0 fully saturated rings. The molecule has 37 heavy (non-hydrogen) atoms. The van der Waals surface area contributed by atoms with Crippen LogP contribution in [0.5, 0.6) is 0 Å². The number of hydrogen-bond donors (Lipinski definition) is 1. The van der Waals surface area contributed by atoms with Gasteiger partial charge in [-0.05, 0) is 38.5 Å². The van der Waals surface area contributed by atoms with Gasteiger partial charge in [-0.15, -0.1) is 0 Å². The third kappa shape index (κ3) is 4.23. The maximum absolute atomic E-state index is 13.8. The number of aromatic amines is 1. The minimum absolute atomic E-state index is 0.243. The average molecular weight is 519 g/mol. The highest BCUT2D eigenvalue weighted by Gasteiger charge is 2.28. The Morgan fingerprint density at radius 1 is 1.24 bits per heavy atom. The third-order valence-corrected chi connectivity index (χ3v) is 6.63. The lowest BCUT2D eigenvalue weighted by molar-refractivity contribution is 0.213. The molecule has 0 aliphatic rings. The lowest BCUT2D eigenvalue weighted by atomic mass is 10.1. The van der Waals surface area contributed by atoms with Crippen molar-refractivity contribution >= 4 is 39.7 Å². The largest absolute Gasteiger partial charge is 0.399 e. The number of rotatable bonds is 8. The monoisotopic (exact) mass is 518 g/mol. The molecule has 0 unspecified atom stereocenters. The molecule has 0 spiro atoms. The van der Waals surface area contributed by atoms with Crippen LogP contribution in [0.25, 0.3) is 22.2 Å². The highest BCUT2D eigenvalue weighted by Crippen LogP contribution is 2.33. The van der Waals surface area contributed by atoms with Crippen molar-refractivity contribution in [3.05, 3.63) is 81.9 Å². The predicted octanol–water partition coefficient (Wildman–Crippen LogP) is 4.76. The molecule has 4 aromatic heterocycles. The van der Waals surface area contributed by atoms with Crippen molar-refractivity contribution in [1.82, 2.24) is 29.1 Å². The molecule has 1 N–H and O–H groups in total. The summed E-state index contributed by atoms with van der Waals surface area (Å²) in [6.07, 6.45) is 5.92. The lowest BCUT2D eigenvalue weighted by Gasteiger charge is -2.31. The Balaban J connectivity index is 1.75. The van der Waals surface area contributed by atoms with Crippen molar-refractivity contribution in [2.75, 3.05) is 18.6 Å². The first-order chi connectivity index (χ1) is 18.0. The van der Waals surface area contributed by atoms with Crippen molar-refractivity contribution in [2.24, 2.45) is 5.16 Å². The smallest absolute Gasteiger partial charge is 0.284 e. The number of hydrogen-bond acceptors (Lipinski definition) is 7. The molecule has 11 heteroatoms. The Morgan fingerprint density at radius 2 is 2.03 bits per heavy atom. The summed E-state index contributed by atoms with van der Waals surface area (Å²) in [7, 11) is 1.51. The van der Waals surface area contributed by atoms with Gasteiger partial charge in [0, 0.05) is 24.5 Å². The summed E-state index contributed by atoms with van der Waals surface area (Å²) in [6.45, 7) is 6.65. The van der Waals surface area contributed by atoms with Gasteiger partial charge < -0.3 is 14.7 Å². The SMILES string of the molecule is CCCN(c1ncnc2[nH]cc(/C(C)=N/OC)c12)[C@@H](C)c1nn2ccc(Cl)c2c(=O)n1-c1ccccc1. The maximum Gasteiger partial charge on any atom is 0.284 e. The summed E-state index contributed by atoms with van der Waals surface area (Å²) in [5.74, 6) is 1.26. The molecule has 10 nitrogen and oxygen atoms in total. The Hall–Kier alpha value is -4.18. The van der Waals surface area contributed by atoms with Crippen molar-refractivity contribution in [1.29, 1.82) is 0 Å². The van der Waals surface area contributed by atoms with Gasteiger partial charge in [0.1, 0.15) is 30.4 Å². The van der Waals surface area contributed by atoms with E-state index in [-0.39, 0.29) is 11.6 Å². The zero-order chi connectivity index (χ0) is 26.1. The van der Waals surface area contributed by atoms with Crippen LogP contribution in [0.3, 0.4) is 0 Å². The Bertz CT molecular complexity index is 1650. The first kappa shape index (κ1) is 24.5. The van der Waals surface area contributed by atoms with Gasteiger partial charge in [0.2, 0.25) is 0 Å². The molecule has 5 aromatic rings. The minimum Gasteiger partial charge on any atom is -0.399 e. The molecule has 0 radical (unpaired) electrons. The summed E-state index contributed by atoms with van der Waals surface area (Å²) in [4.78, 5) is 33.3. The fourth-order valence-corrected chi connectivity index (χ4v) is 4.87. The standard InChI is InChI=1S/C26H27ClN8O2/c1-5-12-33(25-21-19(16(2)32-37-4)14-28-23(21)29-15-30-25)17(3)24-31-34-13-11-20(27)22(34)26(36)35(24)18-9-7-6-8-10-18/h6-11,13-15,17H,5,12H2,1-4H3,(H,28,29,30)/b32-16+/t17-/m0/s1. The van der Waals surface area contributed by atoms with E-state index in [9.17, 15) is 4.79 Å². The Labute approximate surface area is 218 Å². The van der Waals surface area contributed by atoms with Gasteiger partial charge in [0.15, 0.2) is 5.82 Å². The van der Waals surface area contributed by atoms with Crippen molar-refractivity contribution in [3.8, 4) is 5.69 Å². The number of nitrogens with one attached hydrogen (secondary N) is 1. The van der Waals surface area contributed by atoms with Gasteiger partial charge in [-0.1, -0.05) is 41.9 Å². The van der Waals surface area contributed by atoms with Crippen LogP contribution in [-0.4, -0.2) is 48.5 Å². The van der Waals surface area contributed by atoms with E-state index in [1.807, 2.05) is 50.4 Å². The highest BCUT2D eigenvalue weighted by atomic mass is 35.5. The normalized spacial score (nSPS) is 12.8. The predicted molar refractivity (Wildman–Crippen MR) is 145 cm³/mol. The van der Waals surface area contributed by atoms with Crippen LogP contribution in [0.2, 0.25) is 5.02 Å². The van der Waals surface area contributed by atoms with E-state index < -0.39 is 0 Å². The molecule has 0 amide bonds. The van der Waals surface area contributed by atoms with E-state index in [0.29, 0.717) is 45.8 Å². The lowest BCUT2D eigenvalue weighted by Crippen LogP contribution is -2.35. The van der Waals surface area contributed by atoms with Crippen LogP contribution >= 0.6 is 11.6 Å². The quantitative estimate of drug-likeness (QED) is 0.234. The molecule has 1 atom stereocenters. The molecular weight excluding hydrogens is 492 g/mol. The van der Waals surface area contributed by atoms with Gasteiger partial charge in [0.05, 0.1) is 27.8 Å². The topological polar surface area (TPSA) is 106 Å². The summed E-state index contributed by atoms with van der Waals surface area (Å²) in [5.41, 5.74) is 3.00. The number of para-hydroxylation sites is 1. The highest BCUT2D eigenvalue weighted by molar-refractivity contribution is 6.33. The van der Waals surface area contributed by atoms with Gasteiger partial charge in [-0.25, -0.2) is 14.5 Å². The number of fused-ring (bicyclic) bond motifs is 2. The molecule has 0 saturated heterocycles. The van der Waals surface area contributed by atoms with E-state index in [1.54, 1.807) is 21.3 Å². The zero-order valence-corrected chi connectivity index (χ0v) is 21.8. The first-order valence-corrected chi connectivity index (χ1v) is 12.4. The number of nitrogens with zero attached hydrogens (tertiary/aromatic N) is 7. The number of anilines is 1. The van der Waals surface area contributed by atoms with Gasteiger partial charge in [-0.3, -0.25) is 9.36 Å². The average Bonchev–Trinajstić information content (AvgIpc) is 3.51. The van der Waals surface area contributed by atoms with Crippen molar-refractivity contribution in [3.63, 3.8) is 0 Å². The van der Waals surface area contributed by atoms with E-state index in [1.165, 1.54) is 13.4 Å². The first-order valence-electron chi connectivity index (χ1n) is 12.0. The van der Waals surface area contributed by atoms with Crippen molar-refractivity contribution in [2.45, 2.75) is 33.2 Å². The van der Waals surface area contributed by atoms with E-state index in [2.05, 4.69) is 26.9 Å². The van der Waals surface area contributed by atoms with Crippen LogP contribution in [0.1, 0.15) is 44.6 Å². The van der Waals surface area contributed by atoms with E-state index in [4.69, 9.17) is 26.5 Å². The molecule has 4 heterocycles.